The van der Waals surface area contributed by atoms with Crippen LogP contribution in [0.3, 0.4) is 0 Å². The Hall–Kier alpha value is -1.84. The number of hydrogen-bond acceptors (Lipinski definition) is 7. The Morgan fingerprint density at radius 3 is 2.32 bits per heavy atom. The van der Waals surface area contributed by atoms with Gasteiger partial charge < -0.3 is 19.7 Å². The van der Waals surface area contributed by atoms with Gasteiger partial charge in [0.1, 0.15) is 5.75 Å². The summed E-state index contributed by atoms with van der Waals surface area (Å²) >= 11 is 0. The van der Waals surface area contributed by atoms with Crippen molar-refractivity contribution in [3.8, 4) is 5.75 Å². The van der Waals surface area contributed by atoms with E-state index >= 15 is 0 Å². The number of aliphatic hydroxyl groups is 2. The van der Waals surface area contributed by atoms with E-state index in [1.807, 2.05) is 0 Å². The van der Waals surface area contributed by atoms with Crippen LogP contribution in [-0.2, 0) is 14.8 Å². The third kappa shape index (κ3) is 5.79. The van der Waals surface area contributed by atoms with Gasteiger partial charge in [-0.05, 0) is 148 Å². The number of sulfonamides is 1. The Morgan fingerprint density at radius 1 is 0.932 bits per heavy atom. The van der Waals surface area contributed by atoms with Gasteiger partial charge in [-0.15, -0.1) is 0 Å². The molecule has 0 aromatic heterocycles. The lowest BCUT2D eigenvalue weighted by Gasteiger charge is -2.64. The van der Waals surface area contributed by atoms with E-state index in [4.69, 9.17) is 9.47 Å². The van der Waals surface area contributed by atoms with Crippen molar-refractivity contribution in [1.82, 2.24) is 4.72 Å². The van der Waals surface area contributed by atoms with E-state index in [9.17, 15) is 23.4 Å². The first-order valence-corrected chi connectivity index (χ1v) is 18.8. The average molecular weight is 632 g/mol. The van der Waals surface area contributed by atoms with Crippen LogP contribution in [0.25, 0.3) is 0 Å². The number of ether oxygens (including phenoxy) is 2. The lowest BCUT2D eigenvalue weighted by atomic mass is 9.41. The molecule has 5 aliphatic carbocycles. The molecule has 0 spiro atoms. The van der Waals surface area contributed by atoms with Crippen molar-refractivity contribution in [2.75, 3.05) is 6.61 Å². The molecule has 0 aliphatic heterocycles. The van der Waals surface area contributed by atoms with Gasteiger partial charge >= 0.3 is 6.09 Å². The summed E-state index contributed by atoms with van der Waals surface area (Å²) in [5.74, 6) is 2.76. The summed E-state index contributed by atoms with van der Waals surface area (Å²) in [6.07, 6.45) is 11.6. The summed E-state index contributed by atoms with van der Waals surface area (Å²) in [5, 5.41) is 22.4. The second-order valence-electron chi connectivity index (χ2n) is 15.2. The summed E-state index contributed by atoms with van der Waals surface area (Å²) in [6.45, 7) is 7.18. The first-order valence-electron chi connectivity index (χ1n) is 17.3. The first-order chi connectivity index (χ1) is 21.0. The van der Waals surface area contributed by atoms with Gasteiger partial charge in [0, 0.05) is 0 Å². The fourth-order valence-corrected chi connectivity index (χ4v) is 11.8. The zero-order chi connectivity index (χ0) is 31.3. The van der Waals surface area contributed by atoms with Gasteiger partial charge in [0.25, 0.3) is 10.0 Å². The standard InChI is InChI=1S/C35H53NO7S/c1-4-27-30-21-23(37)15-18-35(30,3)29-16-19-34(2)22(9-14-28(34)31(29)32(27)38)17-20-42-33(39)36-44(40,41)26-12-10-25(11-13-26)43-24-7-5-6-8-24/h10-13,22-24,27-32,37-38H,4-9,14-21H2,1-3H3,(H,36,39)/t22-,23-,27-,28+,29+,30+,31+,32-,34-,35-/m1/s1. The van der Waals surface area contributed by atoms with Crippen LogP contribution >= 0.6 is 0 Å². The normalized spacial score (nSPS) is 40.5. The largest absolute Gasteiger partial charge is 0.490 e. The molecule has 5 aliphatic rings. The SMILES string of the molecule is CC[C@H]1[C@@H](O)[C@@H]2[C@H](CC[C@]3(C)[C@@H](CCOC(=O)NS(=O)(=O)c4ccc(OC5CCCC5)cc4)CC[C@@H]23)[C@@]2(C)CC[C@@H](O)C[C@@H]12. The highest BCUT2D eigenvalue weighted by Gasteiger charge is 2.64. The molecule has 1 amide bonds. The lowest BCUT2D eigenvalue weighted by Crippen LogP contribution is -2.62. The molecule has 0 unspecified atom stereocenters. The topological polar surface area (TPSA) is 122 Å². The molecule has 0 heterocycles. The predicted octanol–water partition coefficient (Wildman–Crippen LogP) is 6.44. The van der Waals surface area contributed by atoms with E-state index < -0.39 is 16.1 Å². The molecule has 0 radical (unpaired) electrons. The number of carbonyl (C=O) groups excluding carboxylic acids is 1. The fourth-order valence-electron chi connectivity index (χ4n) is 10.9. The summed E-state index contributed by atoms with van der Waals surface area (Å²) < 4.78 is 39.1. The minimum absolute atomic E-state index is 0.00374. The van der Waals surface area contributed by atoms with Crippen molar-refractivity contribution in [1.29, 1.82) is 0 Å². The Balaban J connectivity index is 1.04. The fraction of sp³-hybridized carbons (Fsp3) is 0.800. The second kappa shape index (κ2) is 12.4. The first kappa shape index (κ1) is 32.1. The molecule has 8 nitrogen and oxygen atoms in total. The minimum atomic E-state index is -4.05. The molecule has 5 fully saturated rings. The van der Waals surface area contributed by atoms with Crippen molar-refractivity contribution in [3.05, 3.63) is 24.3 Å². The molecular formula is C35H53NO7S. The third-order valence-electron chi connectivity index (χ3n) is 13.2. The van der Waals surface area contributed by atoms with Gasteiger partial charge in [0.05, 0.1) is 29.8 Å². The summed E-state index contributed by atoms with van der Waals surface area (Å²) in [4.78, 5) is 12.6. The van der Waals surface area contributed by atoms with Crippen LogP contribution in [0, 0.1) is 46.3 Å². The molecule has 1 aromatic rings. The monoisotopic (exact) mass is 631 g/mol. The van der Waals surface area contributed by atoms with E-state index in [1.54, 1.807) is 12.1 Å². The van der Waals surface area contributed by atoms with Crippen LogP contribution in [0.2, 0.25) is 0 Å². The number of hydrogen-bond donors (Lipinski definition) is 3. The number of benzene rings is 1. The molecule has 1 aromatic carbocycles. The maximum Gasteiger partial charge on any atom is 0.421 e. The van der Waals surface area contributed by atoms with Crippen LogP contribution in [0.4, 0.5) is 4.79 Å². The molecule has 9 heteroatoms. The second-order valence-corrected chi connectivity index (χ2v) is 16.9. The zero-order valence-electron chi connectivity index (χ0n) is 26.7. The molecule has 246 valence electrons. The molecule has 10 atom stereocenters. The van der Waals surface area contributed by atoms with Gasteiger partial charge in [-0.1, -0.05) is 27.2 Å². The number of fused-ring (bicyclic) bond motifs is 5. The molecule has 0 saturated heterocycles. The van der Waals surface area contributed by atoms with Crippen molar-refractivity contribution in [3.63, 3.8) is 0 Å². The number of rotatable bonds is 8. The molecule has 0 bridgehead atoms. The maximum absolute atomic E-state index is 12.8. The quantitative estimate of drug-likeness (QED) is 0.302. The number of carbonyl (C=O) groups is 1. The van der Waals surface area contributed by atoms with E-state index in [0.29, 0.717) is 35.8 Å². The van der Waals surface area contributed by atoms with Gasteiger partial charge in [0.15, 0.2) is 0 Å². The van der Waals surface area contributed by atoms with E-state index in [-0.39, 0.29) is 52.5 Å². The van der Waals surface area contributed by atoms with E-state index in [2.05, 4.69) is 25.5 Å². The van der Waals surface area contributed by atoms with Crippen LogP contribution in [0.15, 0.2) is 29.2 Å². The van der Waals surface area contributed by atoms with Crippen LogP contribution in [-0.4, -0.2) is 49.6 Å². The van der Waals surface area contributed by atoms with Crippen molar-refractivity contribution in [2.24, 2.45) is 46.3 Å². The molecular weight excluding hydrogens is 578 g/mol. The zero-order valence-corrected chi connectivity index (χ0v) is 27.6. The predicted molar refractivity (Wildman–Crippen MR) is 167 cm³/mol. The highest BCUT2D eigenvalue weighted by atomic mass is 32.2. The third-order valence-corrected chi connectivity index (χ3v) is 14.6. The number of amides is 1. The summed E-state index contributed by atoms with van der Waals surface area (Å²) in [6, 6.07) is 6.18. The van der Waals surface area contributed by atoms with Gasteiger partial charge in [0.2, 0.25) is 0 Å². The van der Waals surface area contributed by atoms with Crippen LogP contribution in [0.5, 0.6) is 5.75 Å². The van der Waals surface area contributed by atoms with Crippen LogP contribution < -0.4 is 9.46 Å². The highest BCUT2D eigenvalue weighted by molar-refractivity contribution is 7.90. The van der Waals surface area contributed by atoms with E-state index in [0.717, 1.165) is 77.0 Å². The number of nitrogens with one attached hydrogen (secondary N) is 1. The lowest BCUT2D eigenvalue weighted by molar-refractivity contribution is -0.202. The highest BCUT2D eigenvalue weighted by Crippen LogP contribution is 2.69. The summed E-state index contributed by atoms with van der Waals surface area (Å²) in [7, 11) is -4.05. The van der Waals surface area contributed by atoms with Gasteiger partial charge in [-0.3, -0.25) is 0 Å². The molecule has 44 heavy (non-hydrogen) atoms. The smallest absolute Gasteiger partial charge is 0.421 e. The Labute approximate surface area is 263 Å². The Bertz CT molecular complexity index is 1280. The minimum Gasteiger partial charge on any atom is -0.490 e. The Kier molecular flexibility index (Phi) is 9.05. The Morgan fingerprint density at radius 2 is 1.61 bits per heavy atom. The average Bonchev–Trinajstić information content (AvgIpc) is 3.62. The molecule has 5 saturated carbocycles. The molecule has 6 rings (SSSR count). The van der Waals surface area contributed by atoms with Crippen molar-refractivity contribution < 1.29 is 32.9 Å². The maximum atomic E-state index is 12.8. The number of aliphatic hydroxyl groups excluding tert-OH is 2. The van der Waals surface area contributed by atoms with Crippen molar-refractivity contribution in [2.45, 2.75) is 127 Å². The summed E-state index contributed by atoms with van der Waals surface area (Å²) in [5.41, 5.74) is 0.227. The van der Waals surface area contributed by atoms with Gasteiger partial charge in [-0.25, -0.2) is 17.9 Å². The van der Waals surface area contributed by atoms with Crippen molar-refractivity contribution >= 4 is 16.1 Å². The molecule has 3 N–H and O–H groups in total. The van der Waals surface area contributed by atoms with Crippen LogP contribution in [0.1, 0.15) is 104 Å². The van der Waals surface area contributed by atoms with Gasteiger partial charge in [-0.2, -0.15) is 0 Å². The van der Waals surface area contributed by atoms with E-state index in [1.165, 1.54) is 12.1 Å².